The van der Waals surface area contributed by atoms with Crippen molar-refractivity contribution in [1.82, 2.24) is 5.32 Å². The lowest BCUT2D eigenvalue weighted by Crippen LogP contribution is -2.46. The molecule has 0 saturated carbocycles. The molecule has 0 aliphatic rings. The minimum absolute atomic E-state index is 0.0513. The monoisotopic (exact) mass is 948 g/mol. The van der Waals surface area contributed by atoms with Crippen molar-refractivity contribution in [3.05, 3.63) is 85.1 Å². The summed E-state index contributed by atoms with van der Waals surface area (Å²) >= 11 is 0. The van der Waals surface area contributed by atoms with Crippen LogP contribution in [0.3, 0.4) is 0 Å². The van der Waals surface area contributed by atoms with Crippen molar-refractivity contribution < 1.29 is 24.5 Å². The van der Waals surface area contributed by atoms with E-state index in [4.69, 9.17) is 4.74 Å². The molecule has 0 spiro atoms. The van der Waals surface area contributed by atoms with Gasteiger partial charge in [0.1, 0.15) is 6.10 Å². The van der Waals surface area contributed by atoms with Gasteiger partial charge in [0.05, 0.1) is 25.2 Å². The number of unbranched alkanes of at least 4 members (excludes halogenated alkanes) is 27. The summed E-state index contributed by atoms with van der Waals surface area (Å²) in [5.74, 6) is -0.632. The summed E-state index contributed by atoms with van der Waals surface area (Å²) < 4.78 is 5.85. The number of hydrogen-bond acceptors (Lipinski definition) is 5. The Hall–Kier alpha value is -2.96. The number of carbonyl (C=O) groups excluding carboxylic acids is 2. The van der Waals surface area contributed by atoms with E-state index in [1.807, 2.05) is 6.08 Å². The van der Waals surface area contributed by atoms with Gasteiger partial charge < -0.3 is 20.3 Å². The lowest BCUT2D eigenvalue weighted by atomic mass is 10.0. The molecule has 68 heavy (non-hydrogen) atoms. The van der Waals surface area contributed by atoms with E-state index in [9.17, 15) is 19.8 Å². The average Bonchev–Trinajstić information content (AvgIpc) is 3.33. The fraction of sp³-hybridized carbons (Fsp3) is 0.742. The third kappa shape index (κ3) is 49.5. The fourth-order valence-corrected chi connectivity index (χ4v) is 8.36. The van der Waals surface area contributed by atoms with Gasteiger partial charge in [-0.05, 0) is 83.1 Å². The molecule has 0 rings (SSSR count). The molecular weight excluding hydrogens is 839 g/mol. The van der Waals surface area contributed by atoms with E-state index in [-0.39, 0.29) is 24.9 Å². The summed E-state index contributed by atoms with van der Waals surface area (Å²) in [7, 11) is 0. The molecule has 0 heterocycles. The van der Waals surface area contributed by atoms with Crippen molar-refractivity contribution >= 4 is 11.9 Å². The largest absolute Gasteiger partial charge is 0.458 e. The number of hydrogen-bond donors (Lipinski definition) is 3. The number of nitrogens with one attached hydrogen (secondary N) is 1. The first-order valence-electron chi connectivity index (χ1n) is 28.8. The second kappa shape index (κ2) is 55.0. The number of rotatable bonds is 51. The molecule has 0 aromatic heterocycles. The van der Waals surface area contributed by atoms with Crippen LogP contribution >= 0.6 is 0 Å². The molecule has 0 radical (unpaired) electrons. The number of aliphatic hydroxyl groups excluding tert-OH is 2. The van der Waals surface area contributed by atoms with Crippen LogP contribution in [0, 0.1) is 0 Å². The molecule has 3 atom stereocenters. The Morgan fingerprint density at radius 1 is 0.456 bits per heavy atom. The summed E-state index contributed by atoms with van der Waals surface area (Å²) in [4.78, 5) is 26.2. The maximum absolute atomic E-state index is 13.2. The zero-order valence-corrected chi connectivity index (χ0v) is 44.7. The first-order valence-corrected chi connectivity index (χ1v) is 28.8. The van der Waals surface area contributed by atoms with Gasteiger partial charge >= 0.3 is 5.97 Å². The van der Waals surface area contributed by atoms with Gasteiger partial charge in [0, 0.05) is 6.42 Å². The highest BCUT2D eigenvalue weighted by molar-refractivity contribution is 5.78. The number of carbonyl (C=O) groups is 2. The third-order valence-corrected chi connectivity index (χ3v) is 12.7. The predicted molar refractivity (Wildman–Crippen MR) is 296 cm³/mol. The Morgan fingerprint density at radius 2 is 0.824 bits per heavy atom. The minimum Gasteiger partial charge on any atom is -0.458 e. The summed E-state index contributed by atoms with van der Waals surface area (Å²) in [6.07, 6.45) is 72.5. The van der Waals surface area contributed by atoms with Gasteiger partial charge in [-0.25, -0.2) is 0 Å². The topological polar surface area (TPSA) is 95.9 Å². The van der Waals surface area contributed by atoms with Crippen molar-refractivity contribution in [2.24, 2.45) is 0 Å². The standard InChI is InChI=1S/C62H109NO5/c1-4-7-10-13-16-19-22-25-28-30-33-35-38-41-44-47-50-53-58(68-62(67)55-52-49-46-43-40-37-34-31-29-26-23-20-17-14-11-8-5-2)56-61(66)63-59(57-64)60(65)54-51-48-45-42-39-36-32-27-24-21-18-15-12-9-6-3/h7,10,16,19,25-26,28-29,33,35,41,44,50,53,58-60,64-65H,4-6,8-9,11-15,17-18,20-24,27,30-32,34,36-40,42-43,45-49,51-52,54-57H2,1-3H3,(H,63,66)/b10-7-,19-16-,28-25-,29-26+,35-33-,44-41-,53-50-. The van der Waals surface area contributed by atoms with Crippen molar-refractivity contribution in [2.75, 3.05) is 6.61 Å². The molecular formula is C62H109NO5. The fourth-order valence-electron chi connectivity index (χ4n) is 8.36. The smallest absolute Gasteiger partial charge is 0.306 e. The highest BCUT2D eigenvalue weighted by Gasteiger charge is 2.23. The Kier molecular flexibility index (Phi) is 52.6. The van der Waals surface area contributed by atoms with Gasteiger partial charge in [-0.2, -0.15) is 0 Å². The molecule has 0 aliphatic heterocycles. The van der Waals surface area contributed by atoms with Crippen LogP contribution in [0.4, 0.5) is 0 Å². The SMILES string of the molecule is CC/C=C\C/C=C\C/C=C\C/C=C\C/C=C\C/C=C\C(CC(=O)NC(CO)C(O)CCCCCCCCCCCCCCCCC)OC(=O)CCCCCCCCC/C=C/CCCCCCCC. The first-order chi connectivity index (χ1) is 33.5. The molecule has 392 valence electrons. The molecule has 6 heteroatoms. The van der Waals surface area contributed by atoms with Crippen LogP contribution in [-0.2, 0) is 14.3 Å². The van der Waals surface area contributed by atoms with Crippen molar-refractivity contribution in [1.29, 1.82) is 0 Å². The maximum Gasteiger partial charge on any atom is 0.306 e. The molecule has 1 amide bonds. The summed E-state index contributed by atoms with van der Waals surface area (Å²) in [5, 5.41) is 23.8. The van der Waals surface area contributed by atoms with Gasteiger partial charge in [0.15, 0.2) is 0 Å². The third-order valence-electron chi connectivity index (χ3n) is 12.7. The van der Waals surface area contributed by atoms with Gasteiger partial charge in [-0.15, -0.1) is 0 Å². The molecule has 0 aliphatic carbocycles. The van der Waals surface area contributed by atoms with Gasteiger partial charge in [-0.3, -0.25) is 9.59 Å². The highest BCUT2D eigenvalue weighted by Crippen LogP contribution is 2.16. The second-order valence-electron chi connectivity index (χ2n) is 19.3. The maximum atomic E-state index is 13.2. The Balaban J connectivity index is 4.73. The number of amides is 1. The molecule has 6 nitrogen and oxygen atoms in total. The Labute approximate surface area is 421 Å². The molecule has 0 aromatic carbocycles. The predicted octanol–water partition coefficient (Wildman–Crippen LogP) is 17.9. The van der Waals surface area contributed by atoms with Crippen LogP contribution in [0.5, 0.6) is 0 Å². The molecule has 0 bridgehead atoms. The van der Waals surface area contributed by atoms with E-state index in [1.54, 1.807) is 6.08 Å². The molecule has 3 unspecified atom stereocenters. The number of aliphatic hydroxyl groups is 2. The summed E-state index contributed by atoms with van der Waals surface area (Å²) in [6, 6.07) is -0.748. The zero-order valence-electron chi connectivity index (χ0n) is 44.7. The van der Waals surface area contributed by atoms with E-state index >= 15 is 0 Å². The van der Waals surface area contributed by atoms with Crippen LogP contribution in [0.25, 0.3) is 0 Å². The van der Waals surface area contributed by atoms with Crippen LogP contribution in [0.15, 0.2) is 85.1 Å². The first kappa shape index (κ1) is 65.0. The van der Waals surface area contributed by atoms with Gasteiger partial charge in [-0.1, -0.05) is 260 Å². The Morgan fingerprint density at radius 3 is 1.24 bits per heavy atom. The average molecular weight is 949 g/mol. The van der Waals surface area contributed by atoms with Crippen LogP contribution < -0.4 is 5.32 Å². The molecule has 3 N–H and O–H groups in total. The van der Waals surface area contributed by atoms with Crippen molar-refractivity contribution in [3.8, 4) is 0 Å². The molecule has 0 aromatic rings. The van der Waals surface area contributed by atoms with E-state index in [0.717, 1.165) is 70.6 Å². The summed E-state index contributed by atoms with van der Waals surface area (Å²) in [6.45, 7) is 6.35. The van der Waals surface area contributed by atoms with Gasteiger partial charge in [0.25, 0.3) is 0 Å². The van der Waals surface area contributed by atoms with E-state index in [2.05, 4.69) is 99.0 Å². The highest BCUT2D eigenvalue weighted by atomic mass is 16.5. The molecule has 0 saturated heterocycles. The van der Waals surface area contributed by atoms with Crippen LogP contribution in [0.2, 0.25) is 0 Å². The number of allylic oxidation sites excluding steroid dienone is 13. The van der Waals surface area contributed by atoms with Crippen molar-refractivity contribution in [3.63, 3.8) is 0 Å². The van der Waals surface area contributed by atoms with Crippen LogP contribution in [-0.4, -0.2) is 46.9 Å². The minimum atomic E-state index is -0.825. The quantitative estimate of drug-likeness (QED) is 0.0321. The second-order valence-corrected chi connectivity index (χ2v) is 19.3. The van der Waals surface area contributed by atoms with Gasteiger partial charge in [0.2, 0.25) is 5.91 Å². The van der Waals surface area contributed by atoms with E-state index in [0.29, 0.717) is 19.3 Å². The lowest BCUT2D eigenvalue weighted by molar-refractivity contribution is -0.148. The van der Waals surface area contributed by atoms with Crippen molar-refractivity contribution in [2.45, 2.75) is 289 Å². The van der Waals surface area contributed by atoms with Crippen LogP contribution in [0.1, 0.15) is 271 Å². The number of esters is 1. The zero-order chi connectivity index (χ0) is 49.5. The van der Waals surface area contributed by atoms with E-state index in [1.165, 1.54) is 154 Å². The lowest BCUT2D eigenvalue weighted by Gasteiger charge is -2.23. The number of ether oxygens (including phenoxy) is 1. The van der Waals surface area contributed by atoms with E-state index < -0.39 is 18.2 Å². The Bertz CT molecular complexity index is 1290. The normalized spacial score (nSPS) is 13.8. The molecule has 0 fully saturated rings. The summed E-state index contributed by atoms with van der Waals surface area (Å²) in [5.41, 5.74) is 0.